The van der Waals surface area contributed by atoms with Gasteiger partial charge in [0.25, 0.3) is 0 Å². The van der Waals surface area contributed by atoms with Crippen molar-refractivity contribution in [1.82, 2.24) is 0 Å². The molecule has 1 atom stereocenters. The zero-order valence-electron chi connectivity index (χ0n) is 10.9. The van der Waals surface area contributed by atoms with E-state index in [1.807, 2.05) is 0 Å². The summed E-state index contributed by atoms with van der Waals surface area (Å²) in [5.41, 5.74) is 6.01. The average Bonchev–Trinajstić information content (AvgIpc) is 2.43. The van der Waals surface area contributed by atoms with Crippen LogP contribution in [0.1, 0.15) is 17.2 Å². The highest BCUT2D eigenvalue weighted by molar-refractivity contribution is 6.30. The van der Waals surface area contributed by atoms with E-state index in [2.05, 4.69) is 0 Å². The van der Waals surface area contributed by atoms with Crippen molar-refractivity contribution in [3.63, 3.8) is 0 Å². The number of rotatable bonds is 4. The molecule has 0 saturated heterocycles. The van der Waals surface area contributed by atoms with Crippen molar-refractivity contribution in [2.75, 3.05) is 6.61 Å². The Morgan fingerprint density at radius 1 is 1.15 bits per heavy atom. The first kappa shape index (κ1) is 14.8. The zero-order valence-corrected chi connectivity index (χ0v) is 11.6. The molecule has 0 saturated carbocycles. The molecule has 0 amide bonds. The summed E-state index contributed by atoms with van der Waals surface area (Å²) < 4.78 is 33.0. The number of nitrogens with two attached hydrogens (primary N) is 1. The highest BCUT2D eigenvalue weighted by Crippen LogP contribution is 2.23. The maximum Gasteiger partial charge on any atom is 0.133 e. The smallest absolute Gasteiger partial charge is 0.133 e. The molecule has 1 unspecified atom stereocenters. The Kier molecular flexibility index (Phi) is 4.57. The van der Waals surface area contributed by atoms with E-state index in [1.54, 1.807) is 31.2 Å². The Hall–Kier alpha value is -1.65. The van der Waals surface area contributed by atoms with Crippen LogP contribution in [0.3, 0.4) is 0 Å². The van der Waals surface area contributed by atoms with Gasteiger partial charge in [-0.2, -0.15) is 0 Å². The first-order valence-electron chi connectivity index (χ1n) is 6.07. The molecule has 0 bridgehead atoms. The lowest BCUT2D eigenvalue weighted by Gasteiger charge is -2.16. The van der Waals surface area contributed by atoms with Gasteiger partial charge in [0.1, 0.15) is 24.0 Å². The summed E-state index contributed by atoms with van der Waals surface area (Å²) in [6, 6.07) is 8.35. The second-order valence-electron chi connectivity index (χ2n) is 4.46. The first-order chi connectivity index (χ1) is 9.49. The molecule has 0 fully saturated rings. The predicted octanol–water partition coefficient (Wildman–Crippen LogP) is 4.01. The van der Waals surface area contributed by atoms with Crippen molar-refractivity contribution in [2.24, 2.45) is 5.73 Å². The number of ether oxygens (including phenoxy) is 1. The minimum absolute atomic E-state index is 0.0288. The third-order valence-corrected chi connectivity index (χ3v) is 3.19. The monoisotopic (exact) mass is 297 g/mol. The topological polar surface area (TPSA) is 35.2 Å². The van der Waals surface area contributed by atoms with Gasteiger partial charge in [0.15, 0.2) is 0 Å². The molecule has 2 aromatic rings. The lowest BCUT2D eigenvalue weighted by molar-refractivity contribution is 0.284. The van der Waals surface area contributed by atoms with Crippen molar-refractivity contribution < 1.29 is 13.5 Å². The third kappa shape index (κ3) is 3.26. The first-order valence-corrected chi connectivity index (χ1v) is 6.45. The van der Waals surface area contributed by atoms with Gasteiger partial charge in [-0.1, -0.05) is 17.7 Å². The van der Waals surface area contributed by atoms with Crippen LogP contribution in [-0.2, 0) is 0 Å². The van der Waals surface area contributed by atoms with Crippen molar-refractivity contribution >= 4 is 11.6 Å². The van der Waals surface area contributed by atoms with Gasteiger partial charge in [0.2, 0.25) is 0 Å². The highest BCUT2D eigenvalue weighted by atomic mass is 35.5. The molecule has 0 aliphatic carbocycles. The van der Waals surface area contributed by atoms with E-state index in [0.717, 1.165) is 0 Å². The maximum atomic E-state index is 13.9. The van der Waals surface area contributed by atoms with Crippen LogP contribution in [0.4, 0.5) is 8.78 Å². The number of hydrogen-bond donors (Lipinski definition) is 1. The fourth-order valence-electron chi connectivity index (χ4n) is 1.82. The van der Waals surface area contributed by atoms with E-state index in [1.165, 1.54) is 12.1 Å². The molecule has 0 radical (unpaired) electrons. The molecule has 0 aliphatic rings. The maximum absolute atomic E-state index is 13.9. The highest BCUT2D eigenvalue weighted by Gasteiger charge is 2.19. The average molecular weight is 298 g/mol. The number of aryl methyl sites for hydroxylation is 1. The molecule has 2 N–H and O–H groups in total. The molecule has 106 valence electrons. The number of benzene rings is 2. The van der Waals surface area contributed by atoms with Crippen LogP contribution in [0, 0.1) is 18.6 Å². The molecule has 2 rings (SSSR count). The van der Waals surface area contributed by atoms with Gasteiger partial charge >= 0.3 is 0 Å². The predicted molar refractivity (Wildman–Crippen MR) is 75.0 cm³/mol. The van der Waals surface area contributed by atoms with E-state index >= 15 is 0 Å². The third-order valence-electron chi connectivity index (χ3n) is 2.93. The van der Waals surface area contributed by atoms with Crippen molar-refractivity contribution in [3.8, 4) is 5.75 Å². The Labute approximate surface area is 121 Å². The fourth-order valence-corrected chi connectivity index (χ4v) is 1.94. The van der Waals surface area contributed by atoms with Gasteiger partial charge in [-0.05, 0) is 42.8 Å². The second kappa shape index (κ2) is 6.20. The number of hydrogen-bond acceptors (Lipinski definition) is 2. The minimum Gasteiger partial charge on any atom is -0.492 e. The number of halogens is 3. The summed E-state index contributed by atoms with van der Waals surface area (Å²) in [7, 11) is 0. The van der Waals surface area contributed by atoms with Crippen molar-refractivity contribution in [2.45, 2.75) is 13.0 Å². The van der Waals surface area contributed by atoms with Crippen molar-refractivity contribution in [3.05, 3.63) is 64.2 Å². The Bertz CT molecular complexity index is 602. The summed E-state index contributed by atoms with van der Waals surface area (Å²) >= 11 is 5.75. The van der Waals surface area contributed by atoms with Crippen LogP contribution in [0.5, 0.6) is 5.75 Å². The molecule has 0 aromatic heterocycles. The SMILES string of the molecule is Cc1ccc(F)c(C(N)COc2ccc(Cl)cc2)c1F. The molecule has 2 nitrogen and oxygen atoms in total. The fraction of sp³-hybridized carbons (Fsp3) is 0.200. The minimum atomic E-state index is -0.884. The standard InChI is InChI=1S/C15H14ClF2NO/c1-9-2-7-12(17)14(15(9)18)13(19)8-20-11-5-3-10(16)4-6-11/h2-7,13H,8,19H2,1H3. The van der Waals surface area contributed by atoms with E-state index in [9.17, 15) is 8.78 Å². The van der Waals surface area contributed by atoms with E-state index in [0.29, 0.717) is 16.3 Å². The normalized spacial score (nSPS) is 12.2. The largest absolute Gasteiger partial charge is 0.492 e. The summed E-state index contributed by atoms with van der Waals surface area (Å²) in [4.78, 5) is 0. The quantitative estimate of drug-likeness (QED) is 0.925. The van der Waals surface area contributed by atoms with Gasteiger partial charge in [-0.15, -0.1) is 0 Å². The molecular formula is C15H14ClF2NO. The van der Waals surface area contributed by atoms with E-state index < -0.39 is 17.7 Å². The molecule has 0 heterocycles. The lowest BCUT2D eigenvalue weighted by atomic mass is 10.0. The summed E-state index contributed by atoms with van der Waals surface area (Å²) in [6.45, 7) is 1.53. The molecule has 0 aliphatic heterocycles. The Balaban J connectivity index is 2.11. The van der Waals surface area contributed by atoms with Gasteiger partial charge in [0.05, 0.1) is 6.04 Å². The van der Waals surface area contributed by atoms with Gasteiger partial charge < -0.3 is 10.5 Å². The van der Waals surface area contributed by atoms with Crippen LogP contribution in [0.15, 0.2) is 36.4 Å². The summed E-state index contributed by atoms with van der Waals surface area (Å²) in [5.74, 6) is -0.754. The molecule has 0 spiro atoms. The second-order valence-corrected chi connectivity index (χ2v) is 4.90. The Morgan fingerprint density at radius 2 is 1.80 bits per heavy atom. The van der Waals surface area contributed by atoms with Gasteiger partial charge in [0, 0.05) is 10.6 Å². The molecule has 5 heteroatoms. The van der Waals surface area contributed by atoms with Gasteiger partial charge in [-0.25, -0.2) is 8.78 Å². The van der Waals surface area contributed by atoms with Crippen LogP contribution in [0.2, 0.25) is 5.02 Å². The lowest BCUT2D eigenvalue weighted by Crippen LogP contribution is -2.22. The van der Waals surface area contributed by atoms with Crippen molar-refractivity contribution in [1.29, 1.82) is 0 Å². The van der Waals surface area contributed by atoms with Crippen LogP contribution in [-0.4, -0.2) is 6.61 Å². The van der Waals surface area contributed by atoms with Crippen LogP contribution < -0.4 is 10.5 Å². The summed E-state index contributed by atoms with van der Waals surface area (Å²) in [6.07, 6.45) is 0. The molecule has 2 aromatic carbocycles. The van der Waals surface area contributed by atoms with Crippen LogP contribution >= 0.6 is 11.6 Å². The summed E-state index contributed by atoms with van der Waals surface area (Å²) in [5, 5.41) is 0.581. The molecular weight excluding hydrogens is 284 g/mol. The molecule has 20 heavy (non-hydrogen) atoms. The Morgan fingerprint density at radius 3 is 2.45 bits per heavy atom. The van der Waals surface area contributed by atoms with E-state index in [4.69, 9.17) is 22.1 Å². The zero-order chi connectivity index (χ0) is 14.7. The van der Waals surface area contributed by atoms with Gasteiger partial charge in [-0.3, -0.25) is 0 Å². The van der Waals surface area contributed by atoms with E-state index in [-0.39, 0.29) is 12.2 Å². The van der Waals surface area contributed by atoms with Crippen LogP contribution in [0.25, 0.3) is 0 Å².